The fourth-order valence-corrected chi connectivity index (χ4v) is 4.05. The molecule has 1 saturated heterocycles. The maximum Gasteiger partial charge on any atom is 0.247 e. The van der Waals surface area contributed by atoms with Gasteiger partial charge < -0.3 is 10.1 Å². The molecule has 0 radical (unpaired) electrons. The lowest BCUT2D eigenvalue weighted by Gasteiger charge is -2.16. The summed E-state index contributed by atoms with van der Waals surface area (Å²) in [6.45, 7) is 2.46. The Labute approximate surface area is 172 Å². The van der Waals surface area contributed by atoms with Gasteiger partial charge in [0.15, 0.2) is 5.17 Å². The van der Waals surface area contributed by atoms with Crippen molar-refractivity contribution in [3.8, 4) is 5.75 Å². The third-order valence-corrected chi connectivity index (χ3v) is 5.41. The molecule has 1 fully saturated rings. The molecule has 28 heavy (non-hydrogen) atoms. The minimum Gasteiger partial charge on any atom is -0.497 e. The van der Waals surface area contributed by atoms with Gasteiger partial charge in [-0.25, -0.2) is 4.90 Å². The van der Waals surface area contributed by atoms with Gasteiger partial charge in [-0.15, -0.1) is 0 Å². The van der Waals surface area contributed by atoms with Gasteiger partial charge in [0.05, 0.1) is 12.8 Å². The second-order valence-electron chi connectivity index (χ2n) is 5.99. The van der Waals surface area contributed by atoms with E-state index in [9.17, 15) is 9.59 Å². The Morgan fingerprint density at radius 1 is 1.29 bits per heavy atom. The topological polar surface area (TPSA) is 71.0 Å². The summed E-state index contributed by atoms with van der Waals surface area (Å²) in [6, 6.07) is 14.1. The first kappa shape index (κ1) is 20.2. The first-order valence-electron chi connectivity index (χ1n) is 8.76. The molecule has 3 rings (SSSR count). The van der Waals surface area contributed by atoms with Crippen molar-refractivity contribution in [3.05, 3.63) is 53.6 Å². The molecule has 8 heteroatoms. The molecule has 2 amide bonds. The second kappa shape index (κ2) is 9.12. The molecule has 0 saturated carbocycles. The molecule has 2 aromatic rings. The number of ether oxygens (including phenoxy) is 1. The minimum atomic E-state index is -0.536. The number of amides is 2. The SMILES string of the molecule is CCN=C(Nc1cccc(Cl)c1)SC1CC(=O)N(c2ccc(OC)cc2)C1=O. The number of nitrogens with zero attached hydrogens (tertiary/aromatic N) is 2. The van der Waals surface area contributed by atoms with Gasteiger partial charge >= 0.3 is 0 Å². The quantitative estimate of drug-likeness (QED) is 0.448. The summed E-state index contributed by atoms with van der Waals surface area (Å²) < 4.78 is 5.13. The van der Waals surface area contributed by atoms with E-state index in [2.05, 4.69) is 10.3 Å². The van der Waals surface area contributed by atoms with E-state index < -0.39 is 5.25 Å². The predicted molar refractivity (Wildman–Crippen MR) is 115 cm³/mol. The molecule has 1 aliphatic heterocycles. The number of carbonyl (C=O) groups excluding carboxylic acids is 2. The molecule has 1 aliphatic rings. The third-order valence-electron chi connectivity index (χ3n) is 4.07. The number of imide groups is 1. The largest absolute Gasteiger partial charge is 0.497 e. The van der Waals surface area contributed by atoms with E-state index in [0.29, 0.717) is 28.2 Å². The Morgan fingerprint density at radius 2 is 2.04 bits per heavy atom. The molecule has 1 N–H and O–H groups in total. The van der Waals surface area contributed by atoms with Gasteiger partial charge in [-0.3, -0.25) is 14.6 Å². The smallest absolute Gasteiger partial charge is 0.247 e. The zero-order chi connectivity index (χ0) is 20.1. The molecule has 0 aromatic heterocycles. The van der Waals surface area contributed by atoms with Crippen LogP contribution in [0, 0.1) is 0 Å². The fourth-order valence-electron chi connectivity index (χ4n) is 2.77. The number of anilines is 2. The van der Waals surface area contributed by atoms with Crippen LogP contribution >= 0.6 is 23.4 Å². The highest BCUT2D eigenvalue weighted by molar-refractivity contribution is 8.15. The summed E-state index contributed by atoms with van der Waals surface area (Å²) in [5, 5.41) is 3.82. The van der Waals surface area contributed by atoms with Crippen molar-refractivity contribution < 1.29 is 14.3 Å². The van der Waals surface area contributed by atoms with Gasteiger partial charge in [-0.2, -0.15) is 0 Å². The summed E-state index contributed by atoms with van der Waals surface area (Å²) in [7, 11) is 1.56. The average molecular weight is 418 g/mol. The maximum absolute atomic E-state index is 12.9. The normalized spacial score (nSPS) is 17.2. The van der Waals surface area contributed by atoms with Crippen LogP contribution in [0.3, 0.4) is 0 Å². The first-order chi connectivity index (χ1) is 13.5. The lowest BCUT2D eigenvalue weighted by atomic mass is 10.3. The highest BCUT2D eigenvalue weighted by Crippen LogP contribution is 2.31. The lowest BCUT2D eigenvalue weighted by molar-refractivity contribution is -0.121. The van der Waals surface area contributed by atoms with E-state index in [1.165, 1.54) is 16.7 Å². The number of aliphatic imine (C=N–C) groups is 1. The Bertz CT molecular complexity index is 902. The number of benzene rings is 2. The lowest BCUT2D eigenvalue weighted by Crippen LogP contribution is -2.31. The predicted octanol–water partition coefficient (Wildman–Crippen LogP) is 4.20. The Balaban J connectivity index is 1.74. The molecular formula is C20H20ClN3O3S. The van der Waals surface area contributed by atoms with Gasteiger partial charge in [0.1, 0.15) is 11.0 Å². The molecule has 1 heterocycles. The molecule has 2 aromatic carbocycles. The maximum atomic E-state index is 12.9. The van der Waals surface area contributed by atoms with Crippen molar-refractivity contribution in [1.82, 2.24) is 0 Å². The van der Waals surface area contributed by atoms with E-state index in [0.717, 1.165) is 5.69 Å². The number of carbonyl (C=O) groups is 2. The average Bonchev–Trinajstić information content (AvgIpc) is 2.95. The zero-order valence-corrected chi connectivity index (χ0v) is 17.1. The van der Waals surface area contributed by atoms with Gasteiger partial charge in [0, 0.05) is 23.7 Å². The molecule has 0 bridgehead atoms. The van der Waals surface area contributed by atoms with Crippen molar-refractivity contribution in [2.45, 2.75) is 18.6 Å². The number of hydrogen-bond acceptors (Lipinski definition) is 5. The molecule has 1 unspecified atom stereocenters. The van der Waals surface area contributed by atoms with Gasteiger partial charge in [-0.1, -0.05) is 29.4 Å². The number of amidine groups is 1. The van der Waals surface area contributed by atoms with E-state index in [1.54, 1.807) is 43.5 Å². The van der Waals surface area contributed by atoms with E-state index in [4.69, 9.17) is 16.3 Å². The van der Waals surface area contributed by atoms with Crippen LogP contribution in [0.4, 0.5) is 11.4 Å². The summed E-state index contributed by atoms with van der Waals surface area (Å²) in [5.41, 5.74) is 1.31. The summed E-state index contributed by atoms with van der Waals surface area (Å²) >= 11 is 7.28. The number of rotatable bonds is 5. The summed E-state index contributed by atoms with van der Waals surface area (Å²) in [4.78, 5) is 31.0. The Hall–Kier alpha value is -2.51. The highest BCUT2D eigenvalue weighted by Gasteiger charge is 2.40. The van der Waals surface area contributed by atoms with Crippen LogP contribution < -0.4 is 15.0 Å². The third kappa shape index (κ3) is 4.66. The molecule has 1 atom stereocenters. The van der Waals surface area contributed by atoms with Crippen molar-refractivity contribution in [2.24, 2.45) is 4.99 Å². The first-order valence-corrected chi connectivity index (χ1v) is 10.0. The molecule has 0 spiro atoms. The highest BCUT2D eigenvalue weighted by atomic mass is 35.5. The Kier molecular flexibility index (Phi) is 6.59. The van der Waals surface area contributed by atoms with Crippen LogP contribution in [0.15, 0.2) is 53.5 Å². The van der Waals surface area contributed by atoms with E-state index in [-0.39, 0.29) is 18.2 Å². The number of hydrogen-bond donors (Lipinski definition) is 1. The van der Waals surface area contributed by atoms with Crippen molar-refractivity contribution >= 4 is 51.7 Å². The van der Waals surface area contributed by atoms with Crippen molar-refractivity contribution in [3.63, 3.8) is 0 Å². The van der Waals surface area contributed by atoms with Crippen LogP contribution in [0.5, 0.6) is 5.75 Å². The van der Waals surface area contributed by atoms with Crippen molar-refractivity contribution in [1.29, 1.82) is 0 Å². The van der Waals surface area contributed by atoms with E-state index in [1.807, 2.05) is 19.1 Å². The Morgan fingerprint density at radius 3 is 2.68 bits per heavy atom. The fraction of sp³-hybridized carbons (Fsp3) is 0.250. The zero-order valence-electron chi connectivity index (χ0n) is 15.5. The summed E-state index contributed by atoms with van der Waals surface area (Å²) in [6.07, 6.45) is 0.121. The van der Waals surface area contributed by atoms with Crippen LogP contribution in [0.2, 0.25) is 5.02 Å². The van der Waals surface area contributed by atoms with Crippen LogP contribution in [-0.2, 0) is 9.59 Å². The molecule has 6 nitrogen and oxygen atoms in total. The van der Waals surface area contributed by atoms with Gasteiger partial charge in [0.25, 0.3) is 0 Å². The number of thioether (sulfide) groups is 1. The van der Waals surface area contributed by atoms with Crippen LogP contribution in [0.1, 0.15) is 13.3 Å². The summed E-state index contributed by atoms with van der Waals surface area (Å²) in [5.74, 6) is 0.181. The van der Waals surface area contributed by atoms with E-state index >= 15 is 0 Å². The monoisotopic (exact) mass is 417 g/mol. The number of nitrogens with one attached hydrogen (secondary N) is 1. The molecule has 146 valence electrons. The molecule has 0 aliphatic carbocycles. The van der Waals surface area contributed by atoms with Crippen LogP contribution in [-0.4, -0.2) is 35.9 Å². The molecular weight excluding hydrogens is 398 g/mol. The van der Waals surface area contributed by atoms with Gasteiger partial charge in [0.2, 0.25) is 11.8 Å². The number of methoxy groups -OCH3 is 1. The minimum absolute atomic E-state index is 0.121. The van der Waals surface area contributed by atoms with Crippen molar-refractivity contribution in [2.75, 3.05) is 23.9 Å². The number of halogens is 1. The second-order valence-corrected chi connectivity index (χ2v) is 7.62. The van der Waals surface area contributed by atoms with Gasteiger partial charge in [-0.05, 0) is 49.4 Å². The standard InChI is InChI=1S/C20H20ClN3O3S/c1-3-22-20(23-14-6-4-5-13(21)11-14)28-17-12-18(25)24(19(17)26)15-7-9-16(27-2)10-8-15/h4-11,17H,3,12H2,1-2H3,(H,22,23). The van der Waals surface area contributed by atoms with Crippen LogP contribution in [0.25, 0.3) is 0 Å².